The van der Waals surface area contributed by atoms with Gasteiger partial charge in [0.2, 0.25) is 5.91 Å². The Labute approximate surface area is 200 Å². The summed E-state index contributed by atoms with van der Waals surface area (Å²) in [4.78, 5) is 38.4. The molecule has 1 fully saturated rings. The van der Waals surface area contributed by atoms with Crippen LogP contribution in [0.1, 0.15) is 63.0 Å². The predicted octanol–water partition coefficient (Wildman–Crippen LogP) is 4.55. The van der Waals surface area contributed by atoms with Crippen molar-refractivity contribution in [1.82, 2.24) is 10.2 Å². The highest BCUT2D eigenvalue weighted by Gasteiger charge is 2.42. The normalized spacial score (nSPS) is 16.5. The third-order valence-corrected chi connectivity index (χ3v) is 7.17. The summed E-state index contributed by atoms with van der Waals surface area (Å²) >= 11 is 0. The Balaban J connectivity index is 1.39. The minimum absolute atomic E-state index is 0.0235. The van der Waals surface area contributed by atoms with Gasteiger partial charge in [0.25, 0.3) is 0 Å². The number of carboxylic acid groups (broad SMARTS) is 1. The lowest BCUT2D eigenvalue weighted by molar-refractivity contribution is -0.141. The molecule has 2 aromatic rings. The lowest BCUT2D eigenvalue weighted by Crippen LogP contribution is -2.57. The zero-order chi connectivity index (χ0) is 24.3. The van der Waals surface area contributed by atoms with Crippen LogP contribution in [-0.2, 0) is 14.3 Å². The summed E-state index contributed by atoms with van der Waals surface area (Å²) in [5.41, 5.74) is 4.01. The van der Waals surface area contributed by atoms with Crippen LogP contribution in [0.4, 0.5) is 4.79 Å². The molecule has 2 N–H and O–H groups in total. The minimum atomic E-state index is -0.936. The SMILES string of the molecule is CCN(C(=O)CC1(NC(=O)OCC2c3ccccc3-c3ccccc32)CCC1)C(C)CC(=O)O. The van der Waals surface area contributed by atoms with Gasteiger partial charge in [0.05, 0.1) is 18.4 Å². The molecule has 34 heavy (non-hydrogen) atoms. The Bertz CT molecular complexity index is 1030. The summed E-state index contributed by atoms with van der Waals surface area (Å²) < 4.78 is 5.69. The molecule has 0 spiro atoms. The molecular weight excluding hydrogens is 432 g/mol. The molecule has 0 radical (unpaired) electrons. The molecule has 0 aliphatic heterocycles. The number of aliphatic carboxylic acids is 1. The molecule has 4 rings (SSSR count). The molecule has 2 amide bonds. The number of fused-ring (bicyclic) bond motifs is 3. The number of alkyl carbamates (subject to hydrolysis) is 1. The van der Waals surface area contributed by atoms with Gasteiger partial charge in [0, 0.05) is 18.5 Å². The van der Waals surface area contributed by atoms with Crippen molar-refractivity contribution < 1.29 is 24.2 Å². The third-order valence-electron chi connectivity index (χ3n) is 7.17. The number of carbonyl (C=O) groups is 3. The topological polar surface area (TPSA) is 95.9 Å². The monoisotopic (exact) mass is 464 g/mol. The van der Waals surface area contributed by atoms with Crippen LogP contribution >= 0.6 is 0 Å². The molecular formula is C27H32N2O5. The van der Waals surface area contributed by atoms with Gasteiger partial charge in [0.15, 0.2) is 0 Å². The van der Waals surface area contributed by atoms with Crippen molar-refractivity contribution in [3.63, 3.8) is 0 Å². The molecule has 0 heterocycles. The van der Waals surface area contributed by atoms with Gasteiger partial charge in [-0.3, -0.25) is 9.59 Å². The molecule has 0 bridgehead atoms. The van der Waals surface area contributed by atoms with Crippen LogP contribution in [0.2, 0.25) is 0 Å². The van der Waals surface area contributed by atoms with E-state index in [4.69, 9.17) is 9.84 Å². The lowest BCUT2D eigenvalue weighted by atomic mass is 9.74. The number of rotatable bonds is 9. The van der Waals surface area contributed by atoms with Crippen LogP contribution in [0, 0.1) is 0 Å². The number of ether oxygens (including phenoxy) is 1. The zero-order valence-electron chi connectivity index (χ0n) is 19.8. The Morgan fingerprint density at radius 1 is 1.09 bits per heavy atom. The number of carbonyl (C=O) groups excluding carboxylic acids is 2. The fourth-order valence-corrected chi connectivity index (χ4v) is 5.29. The largest absolute Gasteiger partial charge is 0.481 e. The molecule has 2 aromatic carbocycles. The summed E-state index contributed by atoms with van der Waals surface area (Å²) in [5.74, 6) is -1.10. The number of carboxylic acids is 1. The molecule has 7 heteroatoms. The van der Waals surface area contributed by atoms with E-state index >= 15 is 0 Å². The molecule has 0 aromatic heterocycles. The first-order chi connectivity index (χ1) is 16.3. The van der Waals surface area contributed by atoms with Crippen LogP contribution in [0.3, 0.4) is 0 Å². The maximum absolute atomic E-state index is 13.0. The van der Waals surface area contributed by atoms with Crippen molar-refractivity contribution in [3.05, 3.63) is 59.7 Å². The highest BCUT2D eigenvalue weighted by Crippen LogP contribution is 2.44. The quantitative estimate of drug-likeness (QED) is 0.568. The summed E-state index contributed by atoms with van der Waals surface area (Å²) in [6.45, 7) is 4.22. The first-order valence-corrected chi connectivity index (χ1v) is 12.0. The van der Waals surface area contributed by atoms with Crippen LogP contribution in [0.15, 0.2) is 48.5 Å². The van der Waals surface area contributed by atoms with E-state index in [1.54, 1.807) is 11.8 Å². The Morgan fingerprint density at radius 2 is 1.68 bits per heavy atom. The van der Waals surface area contributed by atoms with Gasteiger partial charge < -0.3 is 20.1 Å². The second kappa shape index (κ2) is 9.87. The Kier molecular flexibility index (Phi) is 6.91. The van der Waals surface area contributed by atoms with Gasteiger partial charge in [-0.1, -0.05) is 48.5 Å². The number of hydrogen-bond donors (Lipinski definition) is 2. The standard InChI is InChI=1S/C27H32N2O5/c1-3-29(18(2)15-25(31)32)24(30)16-27(13-8-14-27)28-26(33)34-17-23-21-11-6-4-9-19(21)20-10-5-7-12-22(20)23/h4-7,9-12,18,23H,3,8,13-17H2,1-2H3,(H,28,33)(H,31,32). The highest BCUT2D eigenvalue weighted by atomic mass is 16.5. The Hall–Kier alpha value is -3.35. The second-order valence-electron chi connectivity index (χ2n) is 9.39. The van der Waals surface area contributed by atoms with E-state index < -0.39 is 23.6 Å². The first kappa shape index (κ1) is 23.8. The maximum Gasteiger partial charge on any atom is 0.407 e. The molecule has 180 valence electrons. The van der Waals surface area contributed by atoms with Gasteiger partial charge >= 0.3 is 12.1 Å². The van der Waals surface area contributed by atoms with E-state index in [9.17, 15) is 14.4 Å². The van der Waals surface area contributed by atoms with Gasteiger partial charge in [-0.15, -0.1) is 0 Å². The summed E-state index contributed by atoms with van der Waals surface area (Å²) in [6, 6.07) is 16.0. The van der Waals surface area contributed by atoms with Crippen molar-refractivity contribution in [1.29, 1.82) is 0 Å². The van der Waals surface area contributed by atoms with Crippen molar-refractivity contribution in [2.24, 2.45) is 0 Å². The molecule has 2 aliphatic rings. The third kappa shape index (κ3) is 4.79. The fourth-order valence-electron chi connectivity index (χ4n) is 5.29. The molecule has 2 aliphatic carbocycles. The second-order valence-corrected chi connectivity index (χ2v) is 9.39. The molecule has 1 saturated carbocycles. The van der Waals surface area contributed by atoms with Crippen LogP contribution in [0.25, 0.3) is 11.1 Å². The number of nitrogens with one attached hydrogen (secondary N) is 1. The Morgan fingerprint density at radius 3 is 2.18 bits per heavy atom. The van der Waals surface area contributed by atoms with Gasteiger partial charge in [-0.2, -0.15) is 0 Å². The summed E-state index contributed by atoms with van der Waals surface area (Å²) in [5, 5.41) is 12.0. The summed E-state index contributed by atoms with van der Waals surface area (Å²) in [7, 11) is 0. The van der Waals surface area contributed by atoms with Gasteiger partial charge in [-0.25, -0.2) is 4.79 Å². The molecule has 7 nitrogen and oxygen atoms in total. The molecule has 0 saturated heterocycles. The number of benzene rings is 2. The molecule has 1 atom stereocenters. The number of hydrogen-bond acceptors (Lipinski definition) is 4. The predicted molar refractivity (Wildman–Crippen MR) is 129 cm³/mol. The van der Waals surface area contributed by atoms with E-state index in [0.717, 1.165) is 17.5 Å². The average Bonchev–Trinajstić information content (AvgIpc) is 3.10. The van der Waals surface area contributed by atoms with E-state index in [0.29, 0.717) is 19.4 Å². The van der Waals surface area contributed by atoms with Crippen molar-refractivity contribution in [2.45, 2.75) is 63.5 Å². The van der Waals surface area contributed by atoms with E-state index in [-0.39, 0.29) is 31.3 Å². The van der Waals surface area contributed by atoms with E-state index in [1.165, 1.54) is 11.1 Å². The molecule has 1 unspecified atom stereocenters. The average molecular weight is 465 g/mol. The van der Waals surface area contributed by atoms with Crippen molar-refractivity contribution in [2.75, 3.05) is 13.2 Å². The lowest BCUT2D eigenvalue weighted by Gasteiger charge is -2.43. The van der Waals surface area contributed by atoms with E-state index in [2.05, 4.69) is 29.6 Å². The minimum Gasteiger partial charge on any atom is -0.481 e. The van der Waals surface area contributed by atoms with E-state index in [1.807, 2.05) is 31.2 Å². The van der Waals surface area contributed by atoms with Gasteiger partial charge in [-0.05, 0) is 55.4 Å². The fraction of sp³-hybridized carbons (Fsp3) is 0.444. The summed E-state index contributed by atoms with van der Waals surface area (Å²) in [6.07, 6.45) is 1.85. The van der Waals surface area contributed by atoms with Crippen LogP contribution < -0.4 is 5.32 Å². The highest BCUT2D eigenvalue weighted by molar-refractivity contribution is 5.81. The van der Waals surface area contributed by atoms with Crippen LogP contribution in [-0.4, -0.2) is 52.7 Å². The zero-order valence-corrected chi connectivity index (χ0v) is 19.8. The van der Waals surface area contributed by atoms with Crippen LogP contribution in [0.5, 0.6) is 0 Å². The smallest absolute Gasteiger partial charge is 0.407 e. The van der Waals surface area contributed by atoms with Crippen molar-refractivity contribution >= 4 is 18.0 Å². The maximum atomic E-state index is 13.0. The van der Waals surface area contributed by atoms with Gasteiger partial charge in [0.1, 0.15) is 6.61 Å². The van der Waals surface area contributed by atoms with Crippen molar-refractivity contribution in [3.8, 4) is 11.1 Å². The number of amides is 2. The number of nitrogens with zero attached hydrogens (tertiary/aromatic N) is 1. The first-order valence-electron chi connectivity index (χ1n) is 12.0.